The van der Waals surface area contributed by atoms with E-state index in [1.807, 2.05) is 31.2 Å². The molecule has 136 valence electrons. The zero-order valence-corrected chi connectivity index (χ0v) is 14.9. The summed E-state index contributed by atoms with van der Waals surface area (Å²) in [7, 11) is 0. The third-order valence-corrected chi connectivity index (χ3v) is 4.63. The topological polar surface area (TPSA) is 85.8 Å². The molecule has 3 aromatic rings. The molecule has 0 aliphatic carbocycles. The van der Waals surface area contributed by atoms with E-state index in [1.54, 1.807) is 25.1 Å². The maximum Gasteiger partial charge on any atom is 0.248 e. The van der Waals surface area contributed by atoms with E-state index in [1.165, 1.54) is 10.7 Å². The molecular weight excluding hydrogens is 345 g/mol. The van der Waals surface area contributed by atoms with Gasteiger partial charge < -0.3 is 11.1 Å². The number of primary amides is 1. The highest BCUT2D eigenvalue weighted by molar-refractivity contribution is 5.95. The molecule has 1 unspecified atom stereocenters. The zero-order chi connectivity index (χ0) is 19.1. The Labute approximate surface area is 155 Å². The molecule has 0 radical (unpaired) electrons. The number of aromatic nitrogens is 3. The van der Waals surface area contributed by atoms with Crippen LogP contribution in [-0.4, -0.2) is 20.7 Å². The molecule has 27 heavy (non-hydrogen) atoms. The van der Waals surface area contributed by atoms with Gasteiger partial charge in [-0.3, -0.25) is 4.79 Å². The Balaban J connectivity index is 1.90. The maximum atomic E-state index is 14.5. The number of halogens is 1. The summed E-state index contributed by atoms with van der Waals surface area (Å²) < 4.78 is 16.1. The fourth-order valence-electron chi connectivity index (χ4n) is 3.28. The highest BCUT2D eigenvalue weighted by Crippen LogP contribution is 2.36. The van der Waals surface area contributed by atoms with Crippen molar-refractivity contribution in [2.75, 3.05) is 5.32 Å². The van der Waals surface area contributed by atoms with Gasteiger partial charge in [0.2, 0.25) is 11.9 Å². The van der Waals surface area contributed by atoms with Crippen LogP contribution in [0.2, 0.25) is 0 Å². The van der Waals surface area contributed by atoms with Crippen molar-refractivity contribution in [1.29, 1.82) is 0 Å². The Hall–Kier alpha value is -3.48. The Morgan fingerprint density at radius 1 is 1.15 bits per heavy atom. The van der Waals surface area contributed by atoms with Crippen molar-refractivity contribution in [3.63, 3.8) is 0 Å². The number of anilines is 1. The summed E-state index contributed by atoms with van der Waals surface area (Å²) in [5, 5.41) is 7.61. The van der Waals surface area contributed by atoms with Crippen LogP contribution in [0, 0.1) is 12.7 Å². The predicted molar refractivity (Wildman–Crippen MR) is 100 cm³/mol. The van der Waals surface area contributed by atoms with Crippen molar-refractivity contribution in [2.24, 2.45) is 5.73 Å². The van der Waals surface area contributed by atoms with Gasteiger partial charge in [-0.25, -0.2) is 9.07 Å². The summed E-state index contributed by atoms with van der Waals surface area (Å²) in [5.41, 5.74) is 8.66. The SMILES string of the molecule is CC1=C(C(N)=O)C(c2ccccc2F)n2nc(-c3ccc(C)cc3)nc2N1. The average Bonchev–Trinajstić information content (AvgIpc) is 3.05. The summed E-state index contributed by atoms with van der Waals surface area (Å²) in [4.78, 5) is 16.7. The number of carbonyl (C=O) groups excluding carboxylic acids is 1. The number of carbonyl (C=O) groups is 1. The normalized spacial score (nSPS) is 16.0. The molecule has 2 aromatic carbocycles. The number of benzene rings is 2. The summed E-state index contributed by atoms with van der Waals surface area (Å²) in [6.07, 6.45) is 0. The molecule has 2 heterocycles. The minimum Gasteiger partial charge on any atom is -0.366 e. The van der Waals surface area contributed by atoms with E-state index < -0.39 is 17.8 Å². The van der Waals surface area contributed by atoms with Crippen LogP contribution in [0.4, 0.5) is 10.3 Å². The molecular formula is C20H18FN5O. The molecule has 0 saturated heterocycles. The number of hydrogen-bond acceptors (Lipinski definition) is 4. The standard InChI is InChI=1S/C20H18FN5O/c1-11-7-9-13(10-8-11)19-24-20-23-12(2)16(18(22)27)17(26(20)25-19)14-5-3-4-6-15(14)21/h3-10,17H,1-2H3,(H2,22,27)(H,23,24,25). The first-order valence-electron chi connectivity index (χ1n) is 8.51. The largest absolute Gasteiger partial charge is 0.366 e. The van der Waals surface area contributed by atoms with Crippen molar-refractivity contribution < 1.29 is 9.18 Å². The molecule has 0 fully saturated rings. The van der Waals surface area contributed by atoms with Crippen LogP contribution in [0.25, 0.3) is 11.4 Å². The lowest BCUT2D eigenvalue weighted by Crippen LogP contribution is -2.32. The molecule has 6 nitrogen and oxygen atoms in total. The molecule has 0 saturated carbocycles. The molecule has 1 aliphatic heterocycles. The third kappa shape index (κ3) is 2.87. The second-order valence-corrected chi connectivity index (χ2v) is 6.52. The van der Waals surface area contributed by atoms with Crippen LogP contribution in [0.3, 0.4) is 0 Å². The molecule has 4 rings (SSSR count). The van der Waals surface area contributed by atoms with E-state index >= 15 is 0 Å². The Kier molecular flexibility index (Phi) is 3.99. The molecule has 3 N–H and O–H groups in total. The summed E-state index contributed by atoms with van der Waals surface area (Å²) in [5.74, 6) is -0.153. The van der Waals surface area contributed by atoms with Gasteiger partial charge >= 0.3 is 0 Å². The number of nitrogens with zero attached hydrogens (tertiary/aromatic N) is 3. The van der Waals surface area contributed by atoms with E-state index in [-0.39, 0.29) is 5.57 Å². The minimum atomic E-state index is -0.786. The lowest BCUT2D eigenvalue weighted by atomic mass is 9.95. The van der Waals surface area contributed by atoms with Gasteiger partial charge in [0.1, 0.15) is 11.9 Å². The van der Waals surface area contributed by atoms with Crippen LogP contribution in [0.15, 0.2) is 59.8 Å². The highest BCUT2D eigenvalue weighted by Gasteiger charge is 2.34. The van der Waals surface area contributed by atoms with Crippen LogP contribution >= 0.6 is 0 Å². The number of nitrogens with two attached hydrogens (primary N) is 1. The number of fused-ring (bicyclic) bond motifs is 1. The van der Waals surface area contributed by atoms with E-state index in [0.29, 0.717) is 23.0 Å². The second kappa shape index (κ2) is 6.35. The van der Waals surface area contributed by atoms with Crippen LogP contribution in [0.1, 0.15) is 24.1 Å². The summed E-state index contributed by atoms with van der Waals surface area (Å²) in [6.45, 7) is 3.72. The minimum absolute atomic E-state index is 0.257. The quantitative estimate of drug-likeness (QED) is 0.748. The van der Waals surface area contributed by atoms with Gasteiger partial charge in [-0.05, 0) is 19.9 Å². The maximum absolute atomic E-state index is 14.5. The van der Waals surface area contributed by atoms with Gasteiger partial charge in [0.15, 0.2) is 5.82 Å². The monoisotopic (exact) mass is 363 g/mol. The Morgan fingerprint density at radius 3 is 2.52 bits per heavy atom. The van der Waals surface area contributed by atoms with E-state index in [0.717, 1.165) is 11.1 Å². The van der Waals surface area contributed by atoms with E-state index in [9.17, 15) is 9.18 Å². The molecule has 1 aromatic heterocycles. The van der Waals surface area contributed by atoms with Gasteiger partial charge in [-0.2, -0.15) is 4.98 Å². The zero-order valence-electron chi connectivity index (χ0n) is 14.9. The number of amides is 1. The first-order chi connectivity index (χ1) is 13.0. The Bertz CT molecular complexity index is 1070. The first-order valence-corrected chi connectivity index (χ1v) is 8.51. The molecule has 1 amide bonds. The number of aryl methyl sites for hydroxylation is 1. The molecule has 1 aliphatic rings. The van der Waals surface area contributed by atoms with Crippen LogP contribution in [0.5, 0.6) is 0 Å². The van der Waals surface area contributed by atoms with Crippen molar-refractivity contribution in [3.05, 3.63) is 76.7 Å². The lowest BCUT2D eigenvalue weighted by molar-refractivity contribution is -0.115. The molecule has 0 bridgehead atoms. The van der Waals surface area contributed by atoms with Crippen LogP contribution in [-0.2, 0) is 4.79 Å². The number of allylic oxidation sites excluding steroid dienone is 1. The van der Waals surface area contributed by atoms with Crippen molar-refractivity contribution in [1.82, 2.24) is 14.8 Å². The molecule has 1 atom stereocenters. The smallest absolute Gasteiger partial charge is 0.248 e. The van der Waals surface area contributed by atoms with Gasteiger partial charge in [-0.15, -0.1) is 5.10 Å². The summed E-state index contributed by atoms with van der Waals surface area (Å²) in [6, 6.07) is 13.3. The second-order valence-electron chi connectivity index (χ2n) is 6.52. The van der Waals surface area contributed by atoms with Crippen molar-refractivity contribution >= 4 is 11.9 Å². The van der Waals surface area contributed by atoms with E-state index in [2.05, 4.69) is 15.4 Å². The van der Waals surface area contributed by atoms with Gasteiger partial charge in [-0.1, -0.05) is 48.0 Å². The average molecular weight is 363 g/mol. The third-order valence-electron chi connectivity index (χ3n) is 4.63. The number of hydrogen-bond donors (Lipinski definition) is 2. The molecule has 0 spiro atoms. The van der Waals surface area contributed by atoms with E-state index in [4.69, 9.17) is 5.73 Å². The van der Waals surface area contributed by atoms with Crippen molar-refractivity contribution in [2.45, 2.75) is 19.9 Å². The highest BCUT2D eigenvalue weighted by atomic mass is 19.1. The fraction of sp³-hybridized carbons (Fsp3) is 0.150. The Morgan fingerprint density at radius 2 is 1.85 bits per heavy atom. The van der Waals surface area contributed by atoms with Gasteiger partial charge in [0, 0.05) is 16.8 Å². The summed E-state index contributed by atoms with van der Waals surface area (Å²) >= 11 is 0. The first kappa shape index (κ1) is 17.0. The molecule has 7 heteroatoms. The van der Waals surface area contributed by atoms with Crippen LogP contribution < -0.4 is 11.1 Å². The van der Waals surface area contributed by atoms with Gasteiger partial charge in [0.05, 0.1) is 5.57 Å². The number of rotatable bonds is 3. The fourth-order valence-corrected chi connectivity index (χ4v) is 3.28. The van der Waals surface area contributed by atoms with Crippen molar-refractivity contribution in [3.8, 4) is 11.4 Å². The lowest BCUT2D eigenvalue weighted by Gasteiger charge is -2.27. The number of nitrogens with one attached hydrogen (secondary N) is 1. The van der Waals surface area contributed by atoms with Gasteiger partial charge in [0.25, 0.3) is 0 Å². The predicted octanol–water partition coefficient (Wildman–Crippen LogP) is 3.17.